The van der Waals surface area contributed by atoms with Crippen molar-refractivity contribution in [1.82, 2.24) is 5.16 Å². The molecule has 0 aliphatic heterocycles. The summed E-state index contributed by atoms with van der Waals surface area (Å²) in [6.07, 6.45) is 1.56. The van der Waals surface area contributed by atoms with Gasteiger partial charge in [0.15, 0.2) is 5.58 Å². The molecule has 0 fully saturated rings. The van der Waals surface area contributed by atoms with Crippen LogP contribution in [0, 0.1) is 0 Å². The lowest BCUT2D eigenvalue weighted by molar-refractivity contribution is 0.268. The molecule has 0 aliphatic rings. The summed E-state index contributed by atoms with van der Waals surface area (Å²) in [6.45, 7) is -0.118. The second-order valence-electron chi connectivity index (χ2n) is 3.04. The van der Waals surface area contributed by atoms with Gasteiger partial charge in [-0.25, -0.2) is 0 Å². The summed E-state index contributed by atoms with van der Waals surface area (Å²) in [4.78, 5) is 0. The highest BCUT2D eigenvalue weighted by Crippen LogP contribution is 2.27. The van der Waals surface area contributed by atoms with Gasteiger partial charge in [0, 0.05) is 5.39 Å². The average Bonchev–Trinajstić information content (AvgIpc) is 2.64. The molecule has 3 N–H and O–H groups in total. The first kappa shape index (κ1) is 9.45. The minimum Gasteiger partial charge on any atom is -0.394 e. The van der Waals surface area contributed by atoms with Crippen molar-refractivity contribution in [1.29, 1.82) is 0 Å². The second-order valence-corrected chi connectivity index (χ2v) is 3.44. The second kappa shape index (κ2) is 3.57. The van der Waals surface area contributed by atoms with Gasteiger partial charge >= 0.3 is 0 Å². The normalized spacial score (nSPS) is 13.4. The van der Waals surface area contributed by atoms with E-state index in [-0.39, 0.29) is 6.61 Å². The van der Waals surface area contributed by atoms with E-state index in [0.29, 0.717) is 10.6 Å². The first-order valence-corrected chi connectivity index (χ1v) is 4.50. The molecule has 2 aromatic rings. The zero-order valence-corrected chi connectivity index (χ0v) is 8.03. The molecular weight excluding hydrogens is 204 g/mol. The Bertz CT molecular complexity index is 455. The lowest BCUT2D eigenvalue weighted by atomic mass is 10.1. The number of nitrogens with zero attached hydrogens (tertiary/aromatic N) is 1. The van der Waals surface area contributed by atoms with E-state index in [4.69, 9.17) is 27.0 Å². The predicted octanol–water partition coefficient (Wildman–Crippen LogP) is 1.47. The summed E-state index contributed by atoms with van der Waals surface area (Å²) < 4.78 is 4.93. The quantitative estimate of drug-likeness (QED) is 0.791. The molecule has 4 nitrogen and oxygen atoms in total. The number of aliphatic hydroxyl groups is 1. The van der Waals surface area contributed by atoms with Crippen molar-refractivity contribution in [2.45, 2.75) is 6.04 Å². The summed E-state index contributed by atoms with van der Waals surface area (Å²) in [7, 11) is 0. The molecular formula is C9H9ClN2O2. The summed E-state index contributed by atoms with van der Waals surface area (Å²) in [5.41, 5.74) is 6.98. The number of halogens is 1. The molecule has 1 atom stereocenters. The smallest absolute Gasteiger partial charge is 0.185 e. The summed E-state index contributed by atoms with van der Waals surface area (Å²) in [5.74, 6) is 0. The molecule has 2 rings (SSSR count). The van der Waals surface area contributed by atoms with E-state index in [2.05, 4.69) is 5.16 Å². The molecule has 1 aromatic heterocycles. The highest BCUT2D eigenvalue weighted by atomic mass is 35.5. The molecule has 14 heavy (non-hydrogen) atoms. The number of fused-ring (bicyclic) bond motifs is 1. The maximum absolute atomic E-state index is 8.89. The predicted molar refractivity (Wildman–Crippen MR) is 53.0 cm³/mol. The van der Waals surface area contributed by atoms with Gasteiger partial charge in [-0.2, -0.15) is 0 Å². The Morgan fingerprint density at radius 2 is 2.36 bits per heavy atom. The van der Waals surface area contributed by atoms with E-state index in [1.54, 1.807) is 18.3 Å². The highest BCUT2D eigenvalue weighted by Gasteiger charge is 2.10. The maximum Gasteiger partial charge on any atom is 0.185 e. The van der Waals surface area contributed by atoms with Gasteiger partial charge in [0.25, 0.3) is 0 Å². The van der Waals surface area contributed by atoms with Crippen LogP contribution in [-0.4, -0.2) is 16.9 Å². The van der Waals surface area contributed by atoms with Gasteiger partial charge < -0.3 is 15.4 Å². The van der Waals surface area contributed by atoms with E-state index >= 15 is 0 Å². The van der Waals surface area contributed by atoms with Crippen LogP contribution in [0.5, 0.6) is 0 Å². The number of benzene rings is 1. The Labute approximate surface area is 85.2 Å². The number of aromatic nitrogens is 1. The van der Waals surface area contributed by atoms with Crippen LogP contribution < -0.4 is 5.73 Å². The molecule has 0 aliphatic carbocycles. The van der Waals surface area contributed by atoms with Gasteiger partial charge in [0.2, 0.25) is 0 Å². The summed E-state index contributed by atoms with van der Waals surface area (Å²) in [6, 6.07) is 3.06. The zero-order valence-electron chi connectivity index (χ0n) is 7.27. The third-order valence-corrected chi connectivity index (χ3v) is 2.34. The number of aliphatic hydroxyl groups excluding tert-OH is 1. The van der Waals surface area contributed by atoms with Crippen LogP contribution in [-0.2, 0) is 0 Å². The van der Waals surface area contributed by atoms with Crippen molar-refractivity contribution in [3.05, 3.63) is 28.9 Å². The van der Waals surface area contributed by atoms with Crippen LogP contribution in [0.25, 0.3) is 11.0 Å². The van der Waals surface area contributed by atoms with Gasteiger partial charge in [0.05, 0.1) is 23.9 Å². The lowest BCUT2D eigenvalue weighted by Gasteiger charge is -2.08. The fourth-order valence-corrected chi connectivity index (χ4v) is 1.55. The SMILES string of the molecule is NC(CO)c1cc(Cl)c2oncc2c1. The molecule has 5 heteroatoms. The van der Waals surface area contributed by atoms with E-state index in [0.717, 1.165) is 10.9 Å². The molecule has 1 aromatic carbocycles. The average molecular weight is 213 g/mol. The van der Waals surface area contributed by atoms with Crippen molar-refractivity contribution in [3.63, 3.8) is 0 Å². The van der Waals surface area contributed by atoms with Crippen LogP contribution in [0.15, 0.2) is 22.9 Å². The van der Waals surface area contributed by atoms with Gasteiger partial charge in [-0.3, -0.25) is 0 Å². The standard InChI is InChI=1S/C9H9ClN2O2/c10-7-2-5(8(11)4-13)1-6-3-12-14-9(6)7/h1-3,8,13H,4,11H2. The fourth-order valence-electron chi connectivity index (χ4n) is 1.28. The molecule has 1 unspecified atom stereocenters. The highest BCUT2D eigenvalue weighted by molar-refractivity contribution is 6.34. The van der Waals surface area contributed by atoms with E-state index < -0.39 is 6.04 Å². The van der Waals surface area contributed by atoms with Crippen LogP contribution in [0.4, 0.5) is 0 Å². The molecule has 0 saturated carbocycles. The topological polar surface area (TPSA) is 72.3 Å². The third kappa shape index (κ3) is 1.48. The molecule has 0 saturated heterocycles. The minimum absolute atomic E-state index is 0.118. The monoisotopic (exact) mass is 212 g/mol. The molecule has 0 spiro atoms. The molecule has 1 heterocycles. The Kier molecular flexibility index (Phi) is 2.41. The van der Waals surface area contributed by atoms with Gasteiger partial charge in [0.1, 0.15) is 0 Å². The van der Waals surface area contributed by atoms with Crippen molar-refractivity contribution in [3.8, 4) is 0 Å². The summed E-state index contributed by atoms with van der Waals surface area (Å²) >= 11 is 5.93. The summed E-state index contributed by atoms with van der Waals surface area (Å²) in [5, 5.41) is 13.8. The number of nitrogens with two attached hydrogens (primary N) is 1. The van der Waals surface area contributed by atoms with Crippen LogP contribution >= 0.6 is 11.6 Å². The van der Waals surface area contributed by atoms with Crippen molar-refractivity contribution >= 4 is 22.6 Å². The van der Waals surface area contributed by atoms with Gasteiger partial charge in [-0.1, -0.05) is 16.8 Å². The van der Waals surface area contributed by atoms with Crippen molar-refractivity contribution < 1.29 is 9.63 Å². The Morgan fingerprint density at radius 1 is 1.57 bits per heavy atom. The fraction of sp³-hybridized carbons (Fsp3) is 0.222. The van der Waals surface area contributed by atoms with E-state index in [1.165, 1.54) is 0 Å². The van der Waals surface area contributed by atoms with Crippen LogP contribution in [0.2, 0.25) is 5.02 Å². The molecule has 74 valence electrons. The van der Waals surface area contributed by atoms with Gasteiger partial charge in [-0.15, -0.1) is 0 Å². The van der Waals surface area contributed by atoms with Crippen LogP contribution in [0.1, 0.15) is 11.6 Å². The molecule has 0 radical (unpaired) electrons. The number of rotatable bonds is 2. The largest absolute Gasteiger partial charge is 0.394 e. The number of hydrogen-bond acceptors (Lipinski definition) is 4. The first-order valence-electron chi connectivity index (χ1n) is 4.12. The van der Waals surface area contributed by atoms with E-state index in [1.807, 2.05) is 0 Å². The van der Waals surface area contributed by atoms with E-state index in [9.17, 15) is 0 Å². The van der Waals surface area contributed by atoms with Crippen molar-refractivity contribution in [2.24, 2.45) is 5.73 Å². The molecule has 0 bridgehead atoms. The van der Waals surface area contributed by atoms with Gasteiger partial charge in [-0.05, 0) is 17.7 Å². The third-order valence-electron chi connectivity index (χ3n) is 2.06. The Balaban J connectivity index is 2.58. The lowest BCUT2D eigenvalue weighted by Crippen LogP contribution is -2.14. The maximum atomic E-state index is 8.89. The Hall–Kier alpha value is -1.10. The number of hydrogen-bond donors (Lipinski definition) is 2. The first-order chi connectivity index (χ1) is 6.72. The zero-order chi connectivity index (χ0) is 10.1. The molecule has 0 amide bonds. The minimum atomic E-state index is -0.424. The van der Waals surface area contributed by atoms with Crippen LogP contribution in [0.3, 0.4) is 0 Å². The Morgan fingerprint density at radius 3 is 3.07 bits per heavy atom. The van der Waals surface area contributed by atoms with Crippen molar-refractivity contribution in [2.75, 3.05) is 6.61 Å².